The number of halogens is 3. The molecule has 4 atom stereocenters. The maximum absolute atomic E-state index is 13.4. The Kier molecular flexibility index (Phi) is 11.7. The predicted octanol–water partition coefficient (Wildman–Crippen LogP) is 8.24. The summed E-state index contributed by atoms with van der Waals surface area (Å²) in [6.07, 6.45) is -1.35. The Morgan fingerprint density at radius 3 is 1.98 bits per heavy atom. The number of aromatic amines is 1. The van der Waals surface area contributed by atoms with Crippen molar-refractivity contribution in [3.05, 3.63) is 155 Å². The standard InChI is InChI=1S/C37H32Cl3N2O9P/c1-22-20-42(36(44)41-35(22)43)33-19-31(50-52(45)51-34-29(39)17-26(38)18-30(34)40)32(49-33)21-48-37(23-7-5-4-6-8-23,24-9-13-27(46-2)14-10-24)25-11-15-28(47-3)16-12-25/h4-18,20,31-33H,19,21H2,1-3H3/p+1/t31-,32+,33+/m0/s1. The van der Waals surface area contributed by atoms with Gasteiger partial charge in [-0.2, -0.15) is 0 Å². The van der Waals surface area contributed by atoms with Gasteiger partial charge in [0.15, 0.2) is 0 Å². The molecule has 0 saturated carbocycles. The number of nitrogens with one attached hydrogen (secondary N) is 1. The highest BCUT2D eigenvalue weighted by atomic mass is 35.5. The minimum absolute atomic E-state index is 0.0341. The molecule has 1 aliphatic heterocycles. The summed E-state index contributed by atoms with van der Waals surface area (Å²) in [5.41, 5.74) is 0.203. The molecule has 1 aliphatic rings. The van der Waals surface area contributed by atoms with E-state index in [0.29, 0.717) is 17.1 Å². The van der Waals surface area contributed by atoms with Gasteiger partial charge in [0.25, 0.3) is 5.56 Å². The summed E-state index contributed by atoms with van der Waals surface area (Å²) in [6, 6.07) is 27.4. The number of aromatic nitrogens is 2. The molecule has 5 aromatic rings. The molecule has 270 valence electrons. The van der Waals surface area contributed by atoms with E-state index >= 15 is 0 Å². The van der Waals surface area contributed by atoms with Crippen LogP contribution in [0.15, 0.2) is 107 Å². The zero-order chi connectivity index (χ0) is 37.0. The zero-order valence-corrected chi connectivity index (χ0v) is 31.2. The first-order valence-corrected chi connectivity index (χ1v) is 18.2. The van der Waals surface area contributed by atoms with E-state index in [0.717, 1.165) is 16.7 Å². The average Bonchev–Trinajstić information content (AvgIpc) is 3.54. The molecule has 0 spiro atoms. The van der Waals surface area contributed by atoms with Gasteiger partial charge in [-0.1, -0.05) is 89.4 Å². The molecular formula is C37H33Cl3N2O9P+. The van der Waals surface area contributed by atoms with E-state index in [2.05, 4.69) is 4.98 Å². The van der Waals surface area contributed by atoms with Gasteiger partial charge in [0.05, 0.1) is 30.9 Å². The van der Waals surface area contributed by atoms with Gasteiger partial charge in [-0.3, -0.25) is 14.3 Å². The molecule has 0 amide bonds. The third-order valence-corrected chi connectivity index (χ3v) is 10.2. The summed E-state index contributed by atoms with van der Waals surface area (Å²) in [6.45, 7) is 1.44. The van der Waals surface area contributed by atoms with Crippen molar-refractivity contribution in [1.82, 2.24) is 9.55 Å². The minimum atomic E-state index is -2.90. The fourth-order valence-corrected chi connectivity index (χ4v) is 7.87. The molecule has 6 rings (SSSR count). The molecule has 1 aromatic heterocycles. The smallest absolute Gasteiger partial charge is 0.497 e. The first kappa shape index (κ1) is 37.6. The van der Waals surface area contributed by atoms with Crippen molar-refractivity contribution in [2.24, 2.45) is 0 Å². The van der Waals surface area contributed by atoms with Gasteiger partial charge in [-0.25, -0.2) is 9.32 Å². The maximum atomic E-state index is 13.4. The van der Waals surface area contributed by atoms with Crippen molar-refractivity contribution in [3.63, 3.8) is 0 Å². The van der Waals surface area contributed by atoms with E-state index < -0.39 is 43.5 Å². The van der Waals surface area contributed by atoms with Crippen LogP contribution in [0.25, 0.3) is 0 Å². The molecule has 1 fully saturated rings. The largest absolute Gasteiger partial charge is 0.750 e. The molecule has 52 heavy (non-hydrogen) atoms. The Morgan fingerprint density at radius 2 is 1.42 bits per heavy atom. The molecule has 1 saturated heterocycles. The van der Waals surface area contributed by atoms with Crippen LogP contribution in [0.2, 0.25) is 15.1 Å². The number of hydrogen-bond acceptors (Lipinski definition) is 9. The number of nitrogens with zero attached hydrogens (tertiary/aromatic N) is 1. The predicted molar refractivity (Wildman–Crippen MR) is 197 cm³/mol. The summed E-state index contributed by atoms with van der Waals surface area (Å²) >= 11 is 18.6. The molecule has 4 aromatic carbocycles. The Labute approximate surface area is 314 Å². The van der Waals surface area contributed by atoms with E-state index in [1.54, 1.807) is 21.1 Å². The number of ether oxygens (including phenoxy) is 4. The van der Waals surface area contributed by atoms with Crippen LogP contribution in [-0.4, -0.2) is 42.6 Å². The van der Waals surface area contributed by atoms with Crippen LogP contribution in [0.5, 0.6) is 17.2 Å². The Bertz CT molecular complexity index is 2090. The molecule has 1 unspecified atom stereocenters. The van der Waals surface area contributed by atoms with Gasteiger partial charge in [-0.05, 0) is 60.0 Å². The first-order chi connectivity index (χ1) is 25.0. The number of benzene rings is 4. The van der Waals surface area contributed by atoms with Gasteiger partial charge in [0.2, 0.25) is 5.75 Å². The van der Waals surface area contributed by atoms with Crippen LogP contribution in [0.1, 0.15) is 34.9 Å². The summed E-state index contributed by atoms with van der Waals surface area (Å²) < 4.78 is 50.6. The average molecular weight is 787 g/mol. The lowest BCUT2D eigenvalue weighted by atomic mass is 9.80. The third-order valence-electron chi connectivity index (χ3n) is 8.62. The summed E-state index contributed by atoms with van der Waals surface area (Å²) in [4.78, 5) is 27.4. The van der Waals surface area contributed by atoms with Gasteiger partial charge in [-0.15, -0.1) is 4.52 Å². The van der Waals surface area contributed by atoms with Gasteiger partial charge in [0, 0.05) is 27.8 Å². The van der Waals surface area contributed by atoms with Crippen molar-refractivity contribution in [2.75, 3.05) is 20.8 Å². The van der Waals surface area contributed by atoms with Crippen molar-refractivity contribution >= 4 is 43.1 Å². The van der Waals surface area contributed by atoms with E-state index in [1.165, 1.54) is 22.9 Å². The molecule has 2 heterocycles. The van der Waals surface area contributed by atoms with Crippen molar-refractivity contribution in [1.29, 1.82) is 0 Å². The number of hydrogen-bond donors (Lipinski definition) is 1. The summed E-state index contributed by atoms with van der Waals surface area (Å²) in [5, 5.41) is 0.332. The topological polar surface area (TPSA) is 127 Å². The molecule has 15 heteroatoms. The zero-order valence-electron chi connectivity index (χ0n) is 28.1. The third kappa shape index (κ3) is 7.91. The van der Waals surface area contributed by atoms with Gasteiger partial charge >= 0.3 is 13.9 Å². The van der Waals surface area contributed by atoms with E-state index in [1.807, 2.05) is 78.9 Å². The molecule has 0 aliphatic carbocycles. The second-order valence-electron chi connectivity index (χ2n) is 11.8. The van der Waals surface area contributed by atoms with Crippen LogP contribution >= 0.6 is 43.1 Å². The first-order valence-electron chi connectivity index (χ1n) is 15.9. The normalized spacial score (nSPS) is 17.5. The Hall–Kier alpha value is -4.19. The number of rotatable bonds is 13. The molecule has 0 radical (unpaired) electrons. The van der Waals surface area contributed by atoms with Crippen molar-refractivity contribution in [3.8, 4) is 17.2 Å². The fraction of sp³-hybridized carbons (Fsp3) is 0.243. The summed E-state index contributed by atoms with van der Waals surface area (Å²) in [7, 11) is 0.283. The number of H-pyrrole nitrogens is 1. The highest BCUT2D eigenvalue weighted by molar-refractivity contribution is 7.33. The quantitative estimate of drug-likeness (QED) is 0.0928. The van der Waals surface area contributed by atoms with E-state index in [4.69, 9.17) is 62.8 Å². The molecule has 11 nitrogen and oxygen atoms in total. The van der Waals surface area contributed by atoms with Gasteiger partial charge < -0.3 is 18.9 Å². The van der Waals surface area contributed by atoms with Crippen LogP contribution in [0.4, 0.5) is 0 Å². The lowest BCUT2D eigenvalue weighted by Gasteiger charge is -2.37. The Balaban J connectivity index is 1.39. The van der Waals surface area contributed by atoms with Crippen LogP contribution in [0, 0.1) is 6.92 Å². The number of aryl methyl sites for hydroxylation is 1. The number of methoxy groups -OCH3 is 2. The second-order valence-corrected chi connectivity index (χ2v) is 13.9. The van der Waals surface area contributed by atoms with Crippen molar-refractivity contribution in [2.45, 2.75) is 37.4 Å². The van der Waals surface area contributed by atoms with E-state index in [9.17, 15) is 14.2 Å². The maximum Gasteiger partial charge on any atom is 0.750 e. The monoisotopic (exact) mass is 785 g/mol. The Morgan fingerprint density at radius 1 is 0.865 bits per heavy atom. The van der Waals surface area contributed by atoms with Crippen LogP contribution < -0.4 is 25.2 Å². The van der Waals surface area contributed by atoms with Crippen LogP contribution in [0.3, 0.4) is 0 Å². The van der Waals surface area contributed by atoms with E-state index in [-0.39, 0.29) is 33.8 Å². The van der Waals surface area contributed by atoms with Crippen LogP contribution in [-0.2, 0) is 24.2 Å². The van der Waals surface area contributed by atoms with Gasteiger partial charge in [0.1, 0.15) is 35.5 Å². The lowest BCUT2D eigenvalue weighted by molar-refractivity contribution is -0.0916. The fourth-order valence-electron chi connectivity index (χ4n) is 6.04. The molecule has 0 bridgehead atoms. The highest BCUT2D eigenvalue weighted by Gasteiger charge is 2.47. The highest BCUT2D eigenvalue weighted by Crippen LogP contribution is 2.46. The van der Waals surface area contributed by atoms with Crippen molar-refractivity contribution < 1.29 is 32.6 Å². The SMILES string of the molecule is COc1ccc(C(OC[C@H]2O[C@@H](n3cc(C)c(=O)[nH]c3=O)C[C@@H]2O[P+](=O)Oc2c(Cl)cc(Cl)cc2Cl)(c2ccccc2)c2ccc(OC)cc2)cc1. The molecule has 1 N–H and O–H groups in total. The molecular weight excluding hydrogens is 754 g/mol. The second kappa shape index (κ2) is 16.2. The minimum Gasteiger partial charge on any atom is -0.497 e. The summed E-state index contributed by atoms with van der Waals surface area (Å²) in [5.74, 6) is 1.23. The lowest BCUT2D eigenvalue weighted by Crippen LogP contribution is -2.38.